The van der Waals surface area contributed by atoms with Crippen LogP contribution in [0.1, 0.15) is 52.9 Å². The molecule has 3 unspecified atom stereocenters. The molecule has 1 aliphatic rings. The lowest BCUT2D eigenvalue weighted by molar-refractivity contribution is 0.0931. The van der Waals surface area contributed by atoms with Gasteiger partial charge in [0.15, 0.2) is 0 Å². The SMILES string of the molecule is CNCC1CCC(C(C)(C)C)CC1CCCS(C)(=O)=O. The van der Waals surface area contributed by atoms with Gasteiger partial charge >= 0.3 is 0 Å². The molecule has 0 saturated heterocycles. The van der Waals surface area contributed by atoms with Gasteiger partial charge < -0.3 is 5.32 Å². The molecule has 0 amide bonds. The van der Waals surface area contributed by atoms with Crippen molar-refractivity contribution >= 4 is 9.84 Å². The van der Waals surface area contributed by atoms with Gasteiger partial charge in [0.25, 0.3) is 0 Å². The molecule has 0 aromatic heterocycles. The normalized spacial score (nSPS) is 28.6. The van der Waals surface area contributed by atoms with Crippen LogP contribution in [0.15, 0.2) is 0 Å². The molecule has 1 fully saturated rings. The maximum atomic E-state index is 11.3. The summed E-state index contributed by atoms with van der Waals surface area (Å²) in [5, 5.41) is 3.31. The summed E-state index contributed by atoms with van der Waals surface area (Å²) in [5.74, 6) is 2.52. The van der Waals surface area contributed by atoms with Gasteiger partial charge in [-0.1, -0.05) is 20.8 Å². The van der Waals surface area contributed by atoms with E-state index < -0.39 is 9.84 Å². The quantitative estimate of drug-likeness (QED) is 0.820. The third-order valence-electron chi connectivity index (χ3n) is 4.92. The van der Waals surface area contributed by atoms with E-state index in [9.17, 15) is 8.42 Å². The second kappa shape index (κ2) is 7.26. The number of hydrogen-bond acceptors (Lipinski definition) is 3. The molecule has 1 aliphatic carbocycles. The maximum absolute atomic E-state index is 11.3. The first-order valence-electron chi connectivity index (χ1n) is 7.96. The first kappa shape index (κ1) is 18.0. The predicted molar refractivity (Wildman–Crippen MR) is 86.6 cm³/mol. The molecule has 0 radical (unpaired) electrons. The number of nitrogens with one attached hydrogen (secondary N) is 1. The molecule has 0 spiro atoms. The minimum atomic E-state index is -2.81. The Bertz CT molecular complexity index is 384. The lowest BCUT2D eigenvalue weighted by Gasteiger charge is -2.42. The van der Waals surface area contributed by atoms with Crippen molar-refractivity contribution in [3.05, 3.63) is 0 Å². The first-order chi connectivity index (χ1) is 9.13. The van der Waals surface area contributed by atoms with Crippen LogP contribution in [0.25, 0.3) is 0 Å². The van der Waals surface area contributed by atoms with E-state index in [4.69, 9.17) is 0 Å². The average Bonchev–Trinajstić information content (AvgIpc) is 2.28. The van der Waals surface area contributed by atoms with Crippen LogP contribution in [0.5, 0.6) is 0 Å². The smallest absolute Gasteiger partial charge is 0.147 e. The van der Waals surface area contributed by atoms with Crippen molar-refractivity contribution < 1.29 is 8.42 Å². The highest BCUT2D eigenvalue weighted by atomic mass is 32.2. The van der Waals surface area contributed by atoms with E-state index in [0.29, 0.717) is 17.1 Å². The molecule has 20 heavy (non-hydrogen) atoms. The average molecular weight is 304 g/mol. The van der Waals surface area contributed by atoms with Gasteiger partial charge in [-0.15, -0.1) is 0 Å². The molecule has 0 aromatic carbocycles. The third kappa shape index (κ3) is 6.13. The molecule has 3 nitrogen and oxygen atoms in total. The standard InChI is InChI=1S/C16H33NO2S/c1-16(2,3)15-9-8-14(12-17-4)13(11-15)7-6-10-20(5,18)19/h13-15,17H,6-12H2,1-5H3. The molecular formula is C16H33NO2S. The van der Waals surface area contributed by atoms with E-state index in [2.05, 4.69) is 26.1 Å². The molecule has 0 aromatic rings. The van der Waals surface area contributed by atoms with Gasteiger partial charge in [0, 0.05) is 12.0 Å². The van der Waals surface area contributed by atoms with Crippen LogP contribution in [0.2, 0.25) is 0 Å². The molecule has 1 rings (SSSR count). The molecule has 1 N–H and O–H groups in total. The van der Waals surface area contributed by atoms with Crippen LogP contribution in [0, 0.1) is 23.2 Å². The van der Waals surface area contributed by atoms with E-state index in [-0.39, 0.29) is 0 Å². The summed E-state index contributed by atoms with van der Waals surface area (Å²) >= 11 is 0. The summed E-state index contributed by atoms with van der Waals surface area (Å²) in [6.07, 6.45) is 7.09. The lowest BCUT2D eigenvalue weighted by atomic mass is 9.64. The van der Waals surface area contributed by atoms with E-state index in [1.165, 1.54) is 25.5 Å². The summed E-state index contributed by atoms with van der Waals surface area (Å²) < 4.78 is 22.6. The zero-order valence-electron chi connectivity index (χ0n) is 13.9. The Morgan fingerprint density at radius 1 is 1.15 bits per heavy atom. The van der Waals surface area contributed by atoms with Gasteiger partial charge in [-0.3, -0.25) is 0 Å². The van der Waals surface area contributed by atoms with Crippen LogP contribution in [0.4, 0.5) is 0 Å². The highest BCUT2D eigenvalue weighted by molar-refractivity contribution is 7.90. The lowest BCUT2D eigenvalue weighted by Crippen LogP contribution is -2.36. The molecule has 1 saturated carbocycles. The van der Waals surface area contributed by atoms with Gasteiger partial charge in [0.2, 0.25) is 0 Å². The van der Waals surface area contributed by atoms with Gasteiger partial charge in [0.05, 0.1) is 0 Å². The van der Waals surface area contributed by atoms with E-state index in [0.717, 1.165) is 31.2 Å². The van der Waals surface area contributed by atoms with Crippen LogP contribution < -0.4 is 5.32 Å². The second-order valence-corrected chi connectivity index (χ2v) is 9.99. The van der Waals surface area contributed by atoms with Crippen molar-refractivity contribution in [2.24, 2.45) is 23.2 Å². The van der Waals surface area contributed by atoms with Crippen molar-refractivity contribution in [3.63, 3.8) is 0 Å². The highest BCUT2D eigenvalue weighted by Gasteiger charge is 2.35. The molecule has 0 heterocycles. The summed E-state index contributed by atoms with van der Waals surface area (Å²) in [6.45, 7) is 8.08. The third-order valence-corrected chi connectivity index (χ3v) is 5.95. The first-order valence-corrected chi connectivity index (χ1v) is 10.0. The van der Waals surface area contributed by atoms with Crippen molar-refractivity contribution in [1.82, 2.24) is 5.32 Å². The Morgan fingerprint density at radius 3 is 2.30 bits per heavy atom. The molecule has 0 aliphatic heterocycles. The fourth-order valence-corrected chi connectivity index (χ4v) is 4.30. The number of sulfone groups is 1. The largest absolute Gasteiger partial charge is 0.319 e. The minimum Gasteiger partial charge on any atom is -0.319 e. The second-order valence-electron chi connectivity index (χ2n) is 7.73. The van der Waals surface area contributed by atoms with Gasteiger partial charge in [-0.25, -0.2) is 8.42 Å². The maximum Gasteiger partial charge on any atom is 0.147 e. The molecule has 3 atom stereocenters. The van der Waals surface area contributed by atoms with Crippen molar-refractivity contribution in [3.8, 4) is 0 Å². The Morgan fingerprint density at radius 2 is 1.80 bits per heavy atom. The van der Waals surface area contributed by atoms with Gasteiger partial charge in [-0.05, 0) is 68.9 Å². The van der Waals surface area contributed by atoms with Gasteiger partial charge in [-0.2, -0.15) is 0 Å². The van der Waals surface area contributed by atoms with Crippen LogP contribution in [-0.2, 0) is 9.84 Å². The zero-order chi connectivity index (χ0) is 15.4. The highest BCUT2D eigenvalue weighted by Crippen LogP contribution is 2.44. The van der Waals surface area contributed by atoms with Crippen molar-refractivity contribution in [2.45, 2.75) is 52.9 Å². The van der Waals surface area contributed by atoms with E-state index >= 15 is 0 Å². The molecule has 120 valence electrons. The van der Waals surface area contributed by atoms with Crippen molar-refractivity contribution in [1.29, 1.82) is 0 Å². The Labute approximate surface area is 125 Å². The monoisotopic (exact) mass is 303 g/mol. The van der Waals surface area contributed by atoms with Crippen LogP contribution >= 0.6 is 0 Å². The van der Waals surface area contributed by atoms with E-state index in [1.807, 2.05) is 7.05 Å². The fraction of sp³-hybridized carbons (Fsp3) is 1.00. The summed E-state index contributed by atoms with van der Waals surface area (Å²) in [4.78, 5) is 0. The Balaban J connectivity index is 2.59. The minimum absolute atomic E-state index is 0.343. The number of hydrogen-bond donors (Lipinski definition) is 1. The molecule has 4 heteroatoms. The number of rotatable bonds is 6. The van der Waals surface area contributed by atoms with Crippen molar-refractivity contribution in [2.75, 3.05) is 25.6 Å². The van der Waals surface area contributed by atoms with Crippen LogP contribution in [-0.4, -0.2) is 34.0 Å². The summed E-state index contributed by atoms with van der Waals surface area (Å²) in [7, 11) is -0.795. The fourth-order valence-electron chi connectivity index (χ4n) is 3.61. The Kier molecular flexibility index (Phi) is 6.52. The zero-order valence-corrected chi connectivity index (χ0v) is 14.7. The van der Waals surface area contributed by atoms with E-state index in [1.54, 1.807) is 0 Å². The Hall–Kier alpha value is -0.0900. The van der Waals surface area contributed by atoms with Crippen LogP contribution in [0.3, 0.4) is 0 Å². The topological polar surface area (TPSA) is 46.2 Å². The predicted octanol–water partition coefficient (Wildman–Crippen LogP) is 3.11. The summed E-state index contributed by atoms with van der Waals surface area (Å²) in [6, 6.07) is 0. The molecular weight excluding hydrogens is 270 g/mol. The summed E-state index contributed by atoms with van der Waals surface area (Å²) in [5.41, 5.74) is 0.375. The van der Waals surface area contributed by atoms with Gasteiger partial charge in [0.1, 0.15) is 9.84 Å². The molecule has 0 bridgehead atoms.